The van der Waals surface area contributed by atoms with Gasteiger partial charge in [-0.2, -0.15) is 0 Å². The molecule has 1 aliphatic heterocycles. The highest BCUT2D eigenvalue weighted by atomic mass is 16.5. The van der Waals surface area contributed by atoms with E-state index in [-0.39, 0.29) is 17.6 Å². The molecule has 158 valence electrons. The first-order valence-electron chi connectivity index (χ1n) is 9.76. The normalized spacial score (nSPS) is 16.1. The molecule has 1 aliphatic rings. The lowest BCUT2D eigenvalue weighted by atomic mass is 9.93. The van der Waals surface area contributed by atoms with Gasteiger partial charge < -0.3 is 24.5 Å². The summed E-state index contributed by atoms with van der Waals surface area (Å²) in [6.07, 6.45) is 2.32. The molecule has 1 aromatic carbocycles. The van der Waals surface area contributed by atoms with Crippen molar-refractivity contribution in [3.8, 4) is 5.75 Å². The average Bonchev–Trinajstić information content (AvgIpc) is 3.22. The lowest BCUT2D eigenvalue weighted by Crippen LogP contribution is -2.46. The maximum atomic E-state index is 12.8. The summed E-state index contributed by atoms with van der Waals surface area (Å²) in [4.78, 5) is 37.2. The highest BCUT2D eigenvalue weighted by Gasteiger charge is 2.34. The zero-order valence-corrected chi connectivity index (χ0v) is 17.1. The fourth-order valence-electron chi connectivity index (χ4n) is 3.14. The van der Waals surface area contributed by atoms with Crippen LogP contribution in [0.1, 0.15) is 55.8 Å². The van der Waals surface area contributed by atoms with Gasteiger partial charge in [-0.1, -0.05) is 25.5 Å². The summed E-state index contributed by atoms with van der Waals surface area (Å²) in [6, 6.07) is 8.56. The minimum Gasteiger partial charge on any atom is -0.459 e. The van der Waals surface area contributed by atoms with Crippen molar-refractivity contribution in [3.05, 3.63) is 65.3 Å². The number of nitrogens with one attached hydrogen (secondary N) is 2. The second-order valence-electron chi connectivity index (χ2n) is 7.07. The smallest absolute Gasteiger partial charge is 0.379 e. The molecule has 0 aliphatic carbocycles. The Balaban J connectivity index is 1.94. The molecule has 0 bridgehead atoms. The Bertz CT molecular complexity index is 962. The number of benzene rings is 1. The number of ether oxygens (including phenoxy) is 2. The molecule has 1 atom stereocenters. The quantitative estimate of drug-likeness (QED) is 0.528. The zero-order valence-electron chi connectivity index (χ0n) is 17.1. The fraction of sp³-hybridized carbons (Fsp3) is 0.318. The van der Waals surface area contributed by atoms with Crippen molar-refractivity contribution in [1.29, 1.82) is 0 Å². The first kappa shape index (κ1) is 21.2. The standard InChI is InChI=1S/C22H24N2O6/c1-4-7-16-18(21(26)29-13(2)3)19(24-22(27)23-16)14-8-5-9-15(12-14)30-20(25)17-10-6-11-28-17/h5-6,8-13,19H,4,7H2,1-3H3,(H2,23,24,27). The molecule has 2 N–H and O–H groups in total. The van der Waals surface area contributed by atoms with Crippen LogP contribution in [0, 0.1) is 0 Å². The van der Waals surface area contributed by atoms with Gasteiger partial charge in [-0.15, -0.1) is 0 Å². The van der Waals surface area contributed by atoms with Gasteiger partial charge in [0.1, 0.15) is 5.75 Å². The van der Waals surface area contributed by atoms with Crippen molar-refractivity contribution in [1.82, 2.24) is 10.6 Å². The predicted molar refractivity (Wildman–Crippen MR) is 108 cm³/mol. The lowest BCUT2D eigenvalue weighted by molar-refractivity contribution is -0.143. The summed E-state index contributed by atoms with van der Waals surface area (Å²) in [5.74, 6) is -0.825. The first-order chi connectivity index (χ1) is 14.4. The van der Waals surface area contributed by atoms with E-state index in [1.54, 1.807) is 44.2 Å². The van der Waals surface area contributed by atoms with Crippen LogP contribution in [0.25, 0.3) is 0 Å². The van der Waals surface area contributed by atoms with E-state index in [1.807, 2.05) is 6.92 Å². The number of furan rings is 1. The maximum Gasteiger partial charge on any atom is 0.379 e. The number of hydrogen-bond acceptors (Lipinski definition) is 6. The topological polar surface area (TPSA) is 107 Å². The van der Waals surface area contributed by atoms with Crippen molar-refractivity contribution in [2.24, 2.45) is 0 Å². The number of carbonyl (C=O) groups excluding carboxylic acids is 3. The van der Waals surface area contributed by atoms with E-state index in [9.17, 15) is 14.4 Å². The highest BCUT2D eigenvalue weighted by molar-refractivity contribution is 5.95. The van der Waals surface area contributed by atoms with E-state index in [1.165, 1.54) is 12.3 Å². The Morgan fingerprint density at radius 1 is 1.17 bits per heavy atom. The van der Waals surface area contributed by atoms with E-state index in [0.29, 0.717) is 23.3 Å². The third kappa shape index (κ3) is 4.89. The van der Waals surface area contributed by atoms with Crippen molar-refractivity contribution in [3.63, 3.8) is 0 Å². The molecule has 30 heavy (non-hydrogen) atoms. The van der Waals surface area contributed by atoms with E-state index < -0.39 is 24.0 Å². The molecule has 1 aromatic heterocycles. The second kappa shape index (κ2) is 9.30. The number of urea groups is 1. The number of amides is 2. The van der Waals surface area contributed by atoms with Crippen molar-refractivity contribution >= 4 is 18.0 Å². The van der Waals surface area contributed by atoms with Crippen LogP contribution in [0.3, 0.4) is 0 Å². The molecule has 0 saturated carbocycles. The minimum absolute atomic E-state index is 0.0712. The summed E-state index contributed by atoms with van der Waals surface area (Å²) in [7, 11) is 0. The first-order valence-corrected chi connectivity index (χ1v) is 9.76. The number of rotatable bonds is 7. The molecule has 0 radical (unpaired) electrons. The van der Waals surface area contributed by atoms with Gasteiger partial charge in [0.15, 0.2) is 0 Å². The number of esters is 2. The minimum atomic E-state index is -0.742. The molecular weight excluding hydrogens is 388 g/mol. The van der Waals surface area contributed by atoms with Crippen molar-refractivity contribution < 1.29 is 28.3 Å². The Morgan fingerprint density at radius 2 is 1.97 bits per heavy atom. The van der Waals surface area contributed by atoms with Crippen LogP contribution in [0.5, 0.6) is 5.75 Å². The van der Waals surface area contributed by atoms with E-state index >= 15 is 0 Å². The molecule has 2 heterocycles. The van der Waals surface area contributed by atoms with Gasteiger partial charge in [-0.05, 0) is 50.1 Å². The maximum absolute atomic E-state index is 12.8. The number of carbonyl (C=O) groups is 3. The summed E-state index contributed by atoms with van der Waals surface area (Å²) in [5.41, 5.74) is 1.44. The van der Waals surface area contributed by atoms with Crippen LogP contribution >= 0.6 is 0 Å². The monoisotopic (exact) mass is 412 g/mol. The summed E-state index contributed by atoms with van der Waals surface area (Å²) >= 11 is 0. The average molecular weight is 412 g/mol. The Labute approximate surface area is 174 Å². The van der Waals surface area contributed by atoms with Crippen LogP contribution < -0.4 is 15.4 Å². The molecule has 8 heteroatoms. The Morgan fingerprint density at radius 3 is 2.63 bits per heavy atom. The zero-order chi connectivity index (χ0) is 21.7. The Hall–Kier alpha value is -3.55. The van der Waals surface area contributed by atoms with E-state index in [4.69, 9.17) is 13.9 Å². The van der Waals surface area contributed by atoms with Gasteiger partial charge >= 0.3 is 18.0 Å². The lowest BCUT2D eigenvalue weighted by Gasteiger charge is -2.30. The van der Waals surface area contributed by atoms with Gasteiger partial charge in [0, 0.05) is 5.70 Å². The molecule has 2 amide bonds. The van der Waals surface area contributed by atoms with Crippen LogP contribution in [-0.2, 0) is 9.53 Å². The molecule has 0 spiro atoms. The molecule has 3 rings (SSSR count). The molecule has 8 nitrogen and oxygen atoms in total. The third-order valence-electron chi connectivity index (χ3n) is 4.34. The summed E-state index contributed by atoms with van der Waals surface area (Å²) in [6.45, 7) is 5.48. The largest absolute Gasteiger partial charge is 0.459 e. The van der Waals surface area contributed by atoms with E-state index in [0.717, 1.165) is 6.42 Å². The van der Waals surface area contributed by atoms with Crippen LogP contribution in [-0.4, -0.2) is 24.1 Å². The van der Waals surface area contributed by atoms with Gasteiger partial charge in [0.05, 0.1) is 24.0 Å². The second-order valence-corrected chi connectivity index (χ2v) is 7.07. The van der Waals surface area contributed by atoms with Crippen LogP contribution in [0.4, 0.5) is 4.79 Å². The predicted octanol–water partition coefficient (Wildman–Crippen LogP) is 3.86. The number of hydrogen-bond donors (Lipinski definition) is 2. The number of allylic oxidation sites excluding steroid dienone is 1. The molecule has 2 aromatic rings. The van der Waals surface area contributed by atoms with Crippen molar-refractivity contribution in [2.45, 2.75) is 45.8 Å². The molecular formula is C22H24N2O6. The van der Waals surface area contributed by atoms with Gasteiger partial charge in [-0.25, -0.2) is 14.4 Å². The van der Waals surface area contributed by atoms with Crippen molar-refractivity contribution in [2.75, 3.05) is 0 Å². The molecule has 0 saturated heterocycles. The summed E-state index contributed by atoms with van der Waals surface area (Å²) < 4.78 is 15.8. The van der Waals surface area contributed by atoms with E-state index in [2.05, 4.69) is 10.6 Å². The molecule has 0 fully saturated rings. The van der Waals surface area contributed by atoms with Gasteiger partial charge in [-0.3, -0.25) is 0 Å². The fourth-order valence-corrected chi connectivity index (χ4v) is 3.14. The van der Waals surface area contributed by atoms with Gasteiger partial charge in [0.2, 0.25) is 5.76 Å². The highest BCUT2D eigenvalue weighted by Crippen LogP contribution is 2.31. The van der Waals surface area contributed by atoms with Crippen LogP contribution in [0.2, 0.25) is 0 Å². The van der Waals surface area contributed by atoms with Crippen LogP contribution in [0.15, 0.2) is 58.3 Å². The summed E-state index contributed by atoms with van der Waals surface area (Å²) in [5, 5.41) is 5.48. The molecule has 1 unspecified atom stereocenters. The SMILES string of the molecule is CCCC1=C(C(=O)OC(C)C)C(c2cccc(OC(=O)c3ccco3)c2)NC(=O)N1. The third-order valence-corrected chi connectivity index (χ3v) is 4.34. The Kier molecular flexibility index (Phi) is 6.56. The van der Waals surface area contributed by atoms with Gasteiger partial charge in [0.25, 0.3) is 0 Å².